The minimum absolute atomic E-state index is 0. The number of carbonyl (C=O) groups excluding carboxylic acids is 1. The van der Waals surface area contributed by atoms with Crippen LogP contribution in [0.1, 0.15) is 5.56 Å². The van der Waals surface area contributed by atoms with Gasteiger partial charge in [-0.2, -0.15) is 0 Å². The summed E-state index contributed by atoms with van der Waals surface area (Å²) in [4.78, 5) is 14.4. The Labute approximate surface area is 130 Å². The van der Waals surface area contributed by atoms with Gasteiger partial charge in [-0.05, 0) is 18.1 Å². The van der Waals surface area contributed by atoms with Gasteiger partial charge in [-0.25, -0.2) is 0 Å². The van der Waals surface area contributed by atoms with E-state index in [2.05, 4.69) is 0 Å². The van der Waals surface area contributed by atoms with E-state index in [4.69, 9.17) is 15.2 Å². The van der Waals surface area contributed by atoms with Crippen LogP contribution in [0.3, 0.4) is 0 Å². The fraction of sp³-hybridized carbons (Fsp3) is 0.533. The average molecular weight is 313 g/mol. The third-order valence-corrected chi connectivity index (χ3v) is 3.94. The lowest BCUT2D eigenvalue weighted by Gasteiger charge is -2.35. The molecule has 0 aromatic heterocycles. The maximum absolute atomic E-state index is 12.6. The van der Waals surface area contributed by atoms with Crippen LogP contribution in [-0.4, -0.2) is 49.8 Å². The first-order valence-corrected chi connectivity index (χ1v) is 7.09. The van der Waals surface area contributed by atoms with Crippen molar-refractivity contribution in [3.63, 3.8) is 0 Å². The molecule has 1 fully saturated rings. The van der Waals surface area contributed by atoms with Crippen LogP contribution in [0, 0.1) is 5.92 Å². The van der Waals surface area contributed by atoms with Gasteiger partial charge in [0.1, 0.15) is 12.4 Å². The van der Waals surface area contributed by atoms with E-state index in [9.17, 15) is 4.79 Å². The monoisotopic (exact) mass is 312 g/mol. The molecule has 0 radical (unpaired) electrons. The van der Waals surface area contributed by atoms with Crippen molar-refractivity contribution in [2.75, 3.05) is 32.8 Å². The first-order chi connectivity index (χ1) is 9.78. The highest BCUT2D eigenvalue weighted by Crippen LogP contribution is 2.28. The molecule has 2 atom stereocenters. The number of hydrogen-bond acceptors (Lipinski definition) is 4. The minimum atomic E-state index is -0.0959. The summed E-state index contributed by atoms with van der Waals surface area (Å²) in [5, 5.41) is 0. The summed E-state index contributed by atoms with van der Waals surface area (Å²) in [7, 11) is 0. The number of amides is 1. The Morgan fingerprint density at radius 3 is 3.00 bits per heavy atom. The number of para-hydroxylation sites is 1. The second-order valence-corrected chi connectivity index (χ2v) is 5.33. The van der Waals surface area contributed by atoms with Gasteiger partial charge in [-0.15, -0.1) is 12.4 Å². The van der Waals surface area contributed by atoms with Crippen LogP contribution in [0.4, 0.5) is 0 Å². The molecule has 2 heterocycles. The zero-order valence-corrected chi connectivity index (χ0v) is 12.7. The number of carbonyl (C=O) groups is 1. The standard InChI is InChI=1S/C15H20N2O3.ClH/c16-8-13-9-17(5-6-19-13)15(18)12-7-11-3-1-2-4-14(11)20-10-12;/h1-4,12-13H,5-10,16H2;1H. The number of nitrogens with zero attached hydrogens (tertiary/aromatic N) is 1. The molecule has 5 nitrogen and oxygen atoms in total. The smallest absolute Gasteiger partial charge is 0.229 e. The zero-order chi connectivity index (χ0) is 13.9. The van der Waals surface area contributed by atoms with Crippen molar-refractivity contribution in [3.8, 4) is 5.75 Å². The summed E-state index contributed by atoms with van der Waals surface area (Å²) in [6.45, 7) is 2.72. The molecule has 116 valence electrons. The SMILES string of the molecule is Cl.NCC1CN(C(=O)C2COc3ccccc3C2)CCO1. The zero-order valence-electron chi connectivity index (χ0n) is 11.9. The first kappa shape index (κ1) is 16.1. The molecule has 1 amide bonds. The number of morpholine rings is 1. The van der Waals surface area contributed by atoms with Crippen LogP contribution in [-0.2, 0) is 16.0 Å². The van der Waals surface area contributed by atoms with E-state index in [1.807, 2.05) is 29.2 Å². The van der Waals surface area contributed by atoms with Gasteiger partial charge >= 0.3 is 0 Å². The molecule has 1 saturated heterocycles. The Morgan fingerprint density at radius 2 is 2.19 bits per heavy atom. The lowest BCUT2D eigenvalue weighted by Crippen LogP contribution is -2.51. The van der Waals surface area contributed by atoms with Gasteiger partial charge in [0.2, 0.25) is 5.91 Å². The Kier molecular flexibility index (Phi) is 5.45. The van der Waals surface area contributed by atoms with Crippen molar-refractivity contribution in [1.82, 2.24) is 4.90 Å². The molecule has 2 unspecified atom stereocenters. The van der Waals surface area contributed by atoms with Crippen LogP contribution < -0.4 is 10.5 Å². The highest BCUT2D eigenvalue weighted by atomic mass is 35.5. The van der Waals surface area contributed by atoms with Crippen LogP contribution in [0.2, 0.25) is 0 Å². The van der Waals surface area contributed by atoms with Crippen molar-refractivity contribution >= 4 is 18.3 Å². The first-order valence-electron chi connectivity index (χ1n) is 7.09. The average Bonchev–Trinajstić information content (AvgIpc) is 2.53. The summed E-state index contributed by atoms with van der Waals surface area (Å²) in [6, 6.07) is 7.91. The Hall–Kier alpha value is -1.30. The van der Waals surface area contributed by atoms with Crippen LogP contribution in [0.15, 0.2) is 24.3 Å². The summed E-state index contributed by atoms with van der Waals surface area (Å²) in [6.07, 6.45) is 0.712. The van der Waals surface area contributed by atoms with E-state index in [1.54, 1.807) is 0 Å². The number of halogens is 1. The molecule has 1 aromatic rings. The molecule has 3 rings (SSSR count). The summed E-state index contributed by atoms with van der Waals surface area (Å²) >= 11 is 0. The topological polar surface area (TPSA) is 64.8 Å². The van der Waals surface area contributed by atoms with E-state index in [1.165, 1.54) is 0 Å². The predicted molar refractivity (Wildman–Crippen MR) is 81.8 cm³/mol. The van der Waals surface area contributed by atoms with Crippen LogP contribution in [0.25, 0.3) is 0 Å². The van der Waals surface area contributed by atoms with E-state index in [0.717, 1.165) is 17.7 Å². The van der Waals surface area contributed by atoms with E-state index < -0.39 is 0 Å². The lowest BCUT2D eigenvalue weighted by atomic mass is 9.95. The second-order valence-electron chi connectivity index (χ2n) is 5.33. The van der Waals surface area contributed by atoms with Gasteiger partial charge < -0.3 is 20.1 Å². The quantitative estimate of drug-likeness (QED) is 0.879. The second kappa shape index (κ2) is 7.11. The Balaban J connectivity index is 0.00000161. The van der Waals surface area contributed by atoms with Gasteiger partial charge in [0.25, 0.3) is 0 Å². The van der Waals surface area contributed by atoms with Gasteiger partial charge in [0, 0.05) is 19.6 Å². The molecule has 1 aromatic carbocycles. The molecular formula is C15H21ClN2O3. The number of benzene rings is 1. The van der Waals surface area contributed by atoms with E-state index in [-0.39, 0.29) is 30.3 Å². The summed E-state index contributed by atoms with van der Waals surface area (Å²) in [5.74, 6) is 0.959. The maximum atomic E-state index is 12.6. The number of hydrogen-bond donors (Lipinski definition) is 1. The predicted octanol–water partition coefficient (Wildman–Crippen LogP) is 0.846. The van der Waals surface area contributed by atoms with Crippen LogP contribution in [0.5, 0.6) is 5.75 Å². The fourth-order valence-electron chi connectivity index (χ4n) is 2.81. The van der Waals surface area contributed by atoms with Crippen molar-refractivity contribution in [2.45, 2.75) is 12.5 Å². The number of rotatable bonds is 2. The maximum Gasteiger partial charge on any atom is 0.229 e. The van der Waals surface area contributed by atoms with Crippen molar-refractivity contribution in [1.29, 1.82) is 0 Å². The number of ether oxygens (including phenoxy) is 2. The molecule has 2 aliphatic rings. The Bertz CT molecular complexity index is 498. The summed E-state index contributed by atoms with van der Waals surface area (Å²) in [5.41, 5.74) is 6.73. The number of fused-ring (bicyclic) bond motifs is 1. The van der Waals surface area contributed by atoms with Crippen LogP contribution >= 0.6 is 12.4 Å². The van der Waals surface area contributed by atoms with Gasteiger partial charge in [0.15, 0.2) is 0 Å². The van der Waals surface area contributed by atoms with Crippen molar-refractivity contribution in [2.24, 2.45) is 11.7 Å². The highest BCUT2D eigenvalue weighted by Gasteiger charge is 2.32. The Morgan fingerprint density at radius 1 is 1.38 bits per heavy atom. The molecule has 6 heteroatoms. The molecule has 2 N–H and O–H groups in total. The number of nitrogens with two attached hydrogens (primary N) is 1. The third-order valence-electron chi connectivity index (χ3n) is 3.94. The fourth-order valence-corrected chi connectivity index (χ4v) is 2.81. The minimum Gasteiger partial charge on any atom is -0.492 e. The van der Waals surface area contributed by atoms with Gasteiger partial charge in [-0.3, -0.25) is 4.79 Å². The normalized spacial score (nSPS) is 24.5. The third kappa shape index (κ3) is 3.48. The molecule has 0 spiro atoms. The lowest BCUT2D eigenvalue weighted by molar-refractivity contribution is -0.144. The van der Waals surface area contributed by atoms with E-state index in [0.29, 0.717) is 32.8 Å². The van der Waals surface area contributed by atoms with Crippen molar-refractivity contribution < 1.29 is 14.3 Å². The molecule has 21 heavy (non-hydrogen) atoms. The highest BCUT2D eigenvalue weighted by molar-refractivity contribution is 5.85. The van der Waals surface area contributed by atoms with Crippen molar-refractivity contribution in [3.05, 3.63) is 29.8 Å². The largest absolute Gasteiger partial charge is 0.492 e. The molecule has 0 saturated carbocycles. The molecular weight excluding hydrogens is 292 g/mol. The molecule has 2 aliphatic heterocycles. The van der Waals surface area contributed by atoms with Gasteiger partial charge in [0.05, 0.1) is 18.6 Å². The summed E-state index contributed by atoms with van der Waals surface area (Å²) < 4.78 is 11.2. The molecule has 0 aliphatic carbocycles. The molecule has 0 bridgehead atoms. The van der Waals surface area contributed by atoms with Gasteiger partial charge in [-0.1, -0.05) is 18.2 Å². The van der Waals surface area contributed by atoms with E-state index >= 15 is 0 Å².